The van der Waals surface area contributed by atoms with Crippen LogP contribution in [0.25, 0.3) is 11.4 Å². The third kappa shape index (κ3) is 4.64. The molecule has 4 aromatic rings. The molecular weight excluding hydrogens is 424 g/mol. The first-order valence-electron chi connectivity index (χ1n) is 11.5. The van der Waals surface area contributed by atoms with Crippen molar-refractivity contribution in [2.45, 2.75) is 39.7 Å². The Labute approximate surface area is 198 Å². The number of hydrogen-bond acceptors (Lipinski definition) is 5. The smallest absolute Gasteiger partial charge is 0.267 e. The monoisotopic (exact) mass is 450 g/mol. The molecule has 0 saturated heterocycles. The normalized spacial score (nSPS) is 14.1. The third-order valence-corrected chi connectivity index (χ3v) is 6.09. The molecule has 170 valence electrons. The number of rotatable bonds is 5. The lowest BCUT2D eigenvalue weighted by atomic mass is 9.86. The molecule has 1 heterocycles. The van der Waals surface area contributed by atoms with E-state index in [0.29, 0.717) is 17.9 Å². The van der Waals surface area contributed by atoms with Gasteiger partial charge in [0.25, 0.3) is 5.91 Å². The van der Waals surface area contributed by atoms with E-state index in [2.05, 4.69) is 51.9 Å². The second kappa shape index (κ2) is 9.39. The first-order valence-corrected chi connectivity index (χ1v) is 11.5. The molecule has 0 saturated carbocycles. The zero-order chi connectivity index (χ0) is 23.5. The molecule has 0 atom stereocenters. The summed E-state index contributed by atoms with van der Waals surface area (Å²) in [5.74, 6) is 0.367. The summed E-state index contributed by atoms with van der Waals surface area (Å²) < 4.78 is 0. The number of hydrogen-bond donors (Lipinski definition) is 1. The molecule has 0 spiro atoms. The highest BCUT2D eigenvalue weighted by atomic mass is 16.2. The van der Waals surface area contributed by atoms with Crippen LogP contribution in [0.2, 0.25) is 0 Å². The van der Waals surface area contributed by atoms with Crippen LogP contribution in [0, 0.1) is 13.8 Å². The van der Waals surface area contributed by atoms with Crippen LogP contribution < -0.4 is 5.43 Å². The SMILES string of the molecule is Cc1cc(C)c2c(c1)/C(=N\NC(=O)c1ccc(Cn3nnc(-c4ccccc4)n3)cc1)CCC2. The lowest BCUT2D eigenvalue weighted by molar-refractivity contribution is 0.0954. The van der Waals surface area contributed by atoms with Gasteiger partial charge < -0.3 is 0 Å². The maximum atomic E-state index is 12.7. The molecule has 0 aliphatic heterocycles. The zero-order valence-corrected chi connectivity index (χ0v) is 19.3. The van der Waals surface area contributed by atoms with E-state index in [-0.39, 0.29) is 5.91 Å². The molecule has 0 fully saturated rings. The Balaban J connectivity index is 1.25. The van der Waals surface area contributed by atoms with E-state index in [1.54, 1.807) is 16.9 Å². The first kappa shape index (κ1) is 21.7. The van der Waals surface area contributed by atoms with Crippen molar-refractivity contribution in [3.8, 4) is 11.4 Å². The minimum Gasteiger partial charge on any atom is -0.267 e. The molecule has 7 nitrogen and oxygen atoms in total. The summed E-state index contributed by atoms with van der Waals surface area (Å²) in [5.41, 5.74) is 11.2. The number of fused-ring (bicyclic) bond motifs is 1. The van der Waals surface area contributed by atoms with Gasteiger partial charge in [0.15, 0.2) is 0 Å². The quantitative estimate of drug-likeness (QED) is 0.455. The van der Waals surface area contributed by atoms with Crippen LogP contribution in [-0.4, -0.2) is 31.8 Å². The highest BCUT2D eigenvalue weighted by Crippen LogP contribution is 2.26. The van der Waals surface area contributed by atoms with Gasteiger partial charge in [-0.1, -0.05) is 54.1 Å². The van der Waals surface area contributed by atoms with Crippen molar-refractivity contribution in [2.24, 2.45) is 5.10 Å². The summed E-state index contributed by atoms with van der Waals surface area (Å²) in [6, 6.07) is 21.5. The first-order chi connectivity index (χ1) is 16.6. The lowest BCUT2D eigenvalue weighted by Crippen LogP contribution is -2.22. The van der Waals surface area contributed by atoms with Crippen molar-refractivity contribution >= 4 is 11.6 Å². The maximum Gasteiger partial charge on any atom is 0.271 e. The second-order valence-electron chi connectivity index (χ2n) is 8.67. The van der Waals surface area contributed by atoms with Crippen LogP contribution in [-0.2, 0) is 13.0 Å². The van der Waals surface area contributed by atoms with Gasteiger partial charge in [0.2, 0.25) is 5.82 Å². The van der Waals surface area contributed by atoms with Gasteiger partial charge in [-0.25, -0.2) is 5.43 Å². The molecular formula is C27H26N6O. The van der Waals surface area contributed by atoms with Crippen molar-refractivity contribution in [1.82, 2.24) is 25.6 Å². The van der Waals surface area contributed by atoms with Crippen LogP contribution in [0.4, 0.5) is 0 Å². The number of benzene rings is 3. The Hall–Kier alpha value is -4.13. The number of amides is 1. The van der Waals surface area contributed by atoms with E-state index in [0.717, 1.165) is 41.7 Å². The molecule has 34 heavy (non-hydrogen) atoms. The van der Waals surface area contributed by atoms with Gasteiger partial charge in [-0.15, -0.1) is 10.2 Å². The largest absolute Gasteiger partial charge is 0.271 e. The molecule has 0 unspecified atom stereocenters. The number of nitrogens with zero attached hydrogens (tertiary/aromatic N) is 5. The molecule has 1 aromatic heterocycles. The average molecular weight is 451 g/mol. The lowest BCUT2D eigenvalue weighted by Gasteiger charge is -2.20. The van der Waals surface area contributed by atoms with Crippen molar-refractivity contribution in [3.63, 3.8) is 0 Å². The van der Waals surface area contributed by atoms with Gasteiger partial charge in [0.05, 0.1) is 12.3 Å². The van der Waals surface area contributed by atoms with Crippen LogP contribution >= 0.6 is 0 Å². The third-order valence-electron chi connectivity index (χ3n) is 6.09. The summed E-state index contributed by atoms with van der Waals surface area (Å²) in [6.07, 6.45) is 2.97. The Morgan fingerprint density at radius 3 is 2.62 bits per heavy atom. The number of nitrogens with one attached hydrogen (secondary N) is 1. The minimum atomic E-state index is -0.221. The summed E-state index contributed by atoms with van der Waals surface area (Å²) in [5, 5.41) is 17.2. The number of hydrazone groups is 1. The number of carbonyl (C=O) groups is 1. The fourth-order valence-corrected chi connectivity index (χ4v) is 4.39. The molecule has 1 aliphatic rings. The van der Waals surface area contributed by atoms with Gasteiger partial charge in [-0.2, -0.15) is 9.90 Å². The molecule has 1 N–H and O–H groups in total. The van der Waals surface area contributed by atoms with Crippen LogP contribution in [0.1, 0.15) is 51.0 Å². The molecule has 0 bridgehead atoms. The molecule has 5 rings (SSSR count). The number of tetrazole rings is 1. The van der Waals surface area contributed by atoms with Gasteiger partial charge in [-0.05, 0) is 73.2 Å². The fraction of sp³-hybridized carbons (Fsp3) is 0.222. The van der Waals surface area contributed by atoms with E-state index in [1.165, 1.54) is 16.7 Å². The highest BCUT2D eigenvalue weighted by molar-refractivity contribution is 6.04. The molecule has 7 heteroatoms. The fourth-order valence-electron chi connectivity index (χ4n) is 4.39. The summed E-state index contributed by atoms with van der Waals surface area (Å²) in [4.78, 5) is 14.3. The Morgan fingerprint density at radius 1 is 1.03 bits per heavy atom. The van der Waals surface area contributed by atoms with E-state index in [1.807, 2.05) is 42.5 Å². The van der Waals surface area contributed by atoms with E-state index < -0.39 is 0 Å². The minimum absolute atomic E-state index is 0.221. The number of aryl methyl sites for hydroxylation is 2. The van der Waals surface area contributed by atoms with E-state index >= 15 is 0 Å². The summed E-state index contributed by atoms with van der Waals surface area (Å²) in [7, 11) is 0. The standard InChI is InChI=1S/C27H26N6O/c1-18-15-19(2)23-9-6-10-25(24(23)16-18)28-30-27(34)22-13-11-20(12-14-22)17-33-31-26(29-32-33)21-7-4-3-5-8-21/h3-5,7-8,11-16H,6,9-10,17H2,1-2H3,(H,30,34)/b28-25-. The van der Waals surface area contributed by atoms with Crippen molar-refractivity contribution < 1.29 is 4.79 Å². The molecule has 1 amide bonds. The Bertz CT molecular complexity index is 1360. The summed E-state index contributed by atoms with van der Waals surface area (Å²) in [6.45, 7) is 4.71. The predicted molar refractivity (Wildman–Crippen MR) is 132 cm³/mol. The molecule has 0 radical (unpaired) electrons. The Morgan fingerprint density at radius 2 is 1.82 bits per heavy atom. The number of aromatic nitrogens is 4. The van der Waals surface area contributed by atoms with Crippen LogP contribution in [0.5, 0.6) is 0 Å². The zero-order valence-electron chi connectivity index (χ0n) is 19.3. The average Bonchev–Trinajstić information content (AvgIpc) is 3.32. The Kier molecular flexibility index (Phi) is 5.99. The summed E-state index contributed by atoms with van der Waals surface area (Å²) >= 11 is 0. The van der Waals surface area contributed by atoms with Crippen molar-refractivity contribution in [1.29, 1.82) is 0 Å². The predicted octanol–water partition coefficient (Wildman–Crippen LogP) is 4.48. The molecule has 1 aliphatic carbocycles. The van der Waals surface area contributed by atoms with E-state index in [9.17, 15) is 4.79 Å². The maximum absolute atomic E-state index is 12.7. The van der Waals surface area contributed by atoms with Crippen LogP contribution in [0.15, 0.2) is 71.8 Å². The van der Waals surface area contributed by atoms with Crippen LogP contribution in [0.3, 0.4) is 0 Å². The van der Waals surface area contributed by atoms with Gasteiger partial charge in [-0.3, -0.25) is 4.79 Å². The van der Waals surface area contributed by atoms with Gasteiger partial charge in [0.1, 0.15) is 0 Å². The van der Waals surface area contributed by atoms with Gasteiger partial charge in [0, 0.05) is 16.7 Å². The van der Waals surface area contributed by atoms with Crippen molar-refractivity contribution in [3.05, 3.63) is 100 Å². The molecule has 3 aromatic carbocycles. The van der Waals surface area contributed by atoms with E-state index in [4.69, 9.17) is 0 Å². The van der Waals surface area contributed by atoms with Gasteiger partial charge >= 0.3 is 0 Å². The van der Waals surface area contributed by atoms with Crippen molar-refractivity contribution in [2.75, 3.05) is 0 Å². The highest BCUT2D eigenvalue weighted by Gasteiger charge is 2.18. The second-order valence-corrected chi connectivity index (χ2v) is 8.67. The topological polar surface area (TPSA) is 85.1 Å². The number of carbonyl (C=O) groups excluding carboxylic acids is 1.